The largest absolute Gasteiger partial charge is 0.478 e. The zero-order valence-corrected chi connectivity index (χ0v) is 12.5. The molecule has 102 valence electrons. The molecular weight excluding hydrogens is 334 g/mol. The Bertz CT molecular complexity index is 634. The molecule has 0 saturated carbocycles. The Hall–Kier alpha value is -1.36. The highest BCUT2D eigenvalue weighted by atomic mass is 79.9. The third-order valence-electron chi connectivity index (χ3n) is 2.42. The van der Waals surface area contributed by atoms with Gasteiger partial charge in [-0.25, -0.2) is 13.2 Å². The van der Waals surface area contributed by atoms with Crippen molar-refractivity contribution >= 4 is 31.9 Å². The van der Waals surface area contributed by atoms with Gasteiger partial charge >= 0.3 is 5.97 Å². The van der Waals surface area contributed by atoms with E-state index in [1.807, 2.05) is 0 Å². The Kier molecular flexibility index (Phi) is 5.11. The fraction of sp³-hybridized carbons (Fsp3) is 0.250. The Morgan fingerprint density at radius 1 is 1.53 bits per heavy atom. The topological polar surface area (TPSA) is 74.7 Å². The molecule has 0 bridgehead atoms. The van der Waals surface area contributed by atoms with Crippen molar-refractivity contribution in [1.29, 1.82) is 0 Å². The van der Waals surface area contributed by atoms with Crippen LogP contribution in [0.5, 0.6) is 0 Å². The zero-order valence-electron chi connectivity index (χ0n) is 10.1. The van der Waals surface area contributed by atoms with E-state index < -0.39 is 16.0 Å². The average molecular weight is 346 g/mol. The Morgan fingerprint density at radius 3 is 2.58 bits per heavy atom. The number of hydrogen-bond acceptors (Lipinski definition) is 3. The molecule has 0 aliphatic heterocycles. The lowest BCUT2D eigenvalue weighted by molar-refractivity contribution is 0.0696. The van der Waals surface area contributed by atoms with E-state index in [0.717, 1.165) is 4.31 Å². The van der Waals surface area contributed by atoms with Crippen molar-refractivity contribution in [2.75, 3.05) is 13.1 Å². The van der Waals surface area contributed by atoms with Gasteiger partial charge in [0.25, 0.3) is 0 Å². The molecule has 0 saturated heterocycles. The number of carbonyl (C=O) groups is 1. The minimum absolute atomic E-state index is 0.00500. The molecule has 0 aliphatic carbocycles. The van der Waals surface area contributed by atoms with Gasteiger partial charge in [-0.15, -0.1) is 6.42 Å². The number of hydrogen-bond donors (Lipinski definition) is 1. The van der Waals surface area contributed by atoms with E-state index in [4.69, 9.17) is 11.5 Å². The van der Waals surface area contributed by atoms with Crippen LogP contribution >= 0.6 is 15.9 Å². The number of nitrogens with zero attached hydrogens (tertiary/aromatic N) is 1. The van der Waals surface area contributed by atoms with E-state index >= 15 is 0 Å². The monoisotopic (exact) mass is 345 g/mol. The fourth-order valence-electron chi connectivity index (χ4n) is 1.45. The molecule has 0 spiro atoms. The molecule has 5 nitrogen and oxygen atoms in total. The SMILES string of the molecule is C#CCN(CC)S(=O)(=O)c1ccc(C(=O)O)cc1Br. The normalized spacial score (nSPS) is 11.3. The van der Waals surface area contributed by atoms with Gasteiger partial charge in [0.1, 0.15) is 0 Å². The number of carboxylic acid groups (broad SMARTS) is 1. The predicted octanol–water partition coefficient (Wildman–Crippen LogP) is 1.79. The first kappa shape index (κ1) is 15.7. The number of sulfonamides is 1. The van der Waals surface area contributed by atoms with Crippen molar-refractivity contribution in [3.05, 3.63) is 28.2 Å². The number of aromatic carboxylic acids is 1. The van der Waals surface area contributed by atoms with Crippen molar-refractivity contribution in [2.24, 2.45) is 0 Å². The molecule has 0 atom stereocenters. The Balaban J connectivity index is 3.30. The molecule has 0 aromatic heterocycles. The highest BCUT2D eigenvalue weighted by molar-refractivity contribution is 9.10. The Labute approximate surface area is 120 Å². The van der Waals surface area contributed by atoms with Crippen LogP contribution < -0.4 is 0 Å². The summed E-state index contributed by atoms with van der Waals surface area (Å²) in [7, 11) is -3.74. The fourth-order valence-corrected chi connectivity index (χ4v) is 3.85. The van der Waals surface area contributed by atoms with Gasteiger partial charge in [-0.05, 0) is 34.1 Å². The summed E-state index contributed by atoms with van der Waals surface area (Å²) in [4.78, 5) is 10.8. The first-order valence-electron chi connectivity index (χ1n) is 5.31. The van der Waals surface area contributed by atoms with Gasteiger partial charge in [0, 0.05) is 11.0 Å². The molecular formula is C12H12BrNO4S. The molecule has 1 aromatic carbocycles. The lowest BCUT2D eigenvalue weighted by Crippen LogP contribution is -2.31. The second kappa shape index (κ2) is 6.19. The molecule has 19 heavy (non-hydrogen) atoms. The first-order chi connectivity index (χ1) is 8.84. The molecule has 1 N–H and O–H groups in total. The quantitative estimate of drug-likeness (QED) is 0.825. The number of terminal acetylenes is 1. The Morgan fingerprint density at radius 2 is 2.16 bits per heavy atom. The minimum Gasteiger partial charge on any atom is -0.478 e. The summed E-state index contributed by atoms with van der Waals surface area (Å²) in [5, 5.41) is 8.84. The first-order valence-corrected chi connectivity index (χ1v) is 7.54. The van der Waals surface area contributed by atoms with Gasteiger partial charge in [-0.3, -0.25) is 0 Å². The van der Waals surface area contributed by atoms with Gasteiger partial charge in [0.15, 0.2) is 0 Å². The maximum Gasteiger partial charge on any atom is 0.335 e. The van der Waals surface area contributed by atoms with Crippen LogP contribution in [0.25, 0.3) is 0 Å². The van der Waals surface area contributed by atoms with Crippen LogP contribution in [-0.4, -0.2) is 36.9 Å². The summed E-state index contributed by atoms with van der Waals surface area (Å²) >= 11 is 3.08. The summed E-state index contributed by atoms with van der Waals surface area (Å²) in [6.45, 7) is 1.88. The number of rotatable bonds is 5. The van der Waals surface area contributed by atoms with Crippen molar-refractivity contribution in [1.82, 2.24) is 4.31 Å². The molecule has 0 heterocycles. The van der Waals surface area contributed by atoms with Gasteiger partial charge in [0.2, 0.25) is 10.0 Å². The van der Waals surface area contributed by atoms with Crippen LogP contribution in [0.2, 0.25) is 0 Å². The summed E-state index contributed by atoms with van der Waals surface area (Å²) in [6.07, 6.45) is 5.14. The van der Waals surface area contributed by atoms with Gasteiger partial charge in [-0.1, -0.05) is 12.8 Å². The highest BCUT2D eigenvalue weighted by Gasteiger charge is 2.25. The van der Waals surface area contributed by atoms with Gasteiger partial charge < -0.3 is 5.11 Å². The summed E-state index contributed by atoms with van der Waals surface area (Å²) in [5.41, 5.74) is 0.00539. The maximum absolute atomic E-state index is 12.3. The van der Waals surface area contributed by atoms with Crippen LogP contribution in [0.1, 0.15) is 17.3 Å². The maximum atomic E-state index is 12.3. The summed E-state index contributed by atoms with van der Waals surface area (Å²) in [5.74, 6) is 1.16. The third-order valence-corrected chi connectivity index (χ3v) is 5.31. The lowest BCUT2D eigenvalue weighted by Gasteiger charge is -2.18. The molecule has 0 fully saturated rings. The highest BCUT2D eigenvalue weighted by Crippen LogP contribution is 2.26. The number of halogens is 1. The third kappa shape index (κ3) is 3.35. The number of benzene rings is 1. The lowest BCUT2D eigenvalue weighted by atomic mass is 10.2. The van der Waals surface area contributed by atoms with E-state index in [9.17, 15) is 13.2 Å². The van der Waals surface area contributed by atoms with Gasteiger partial charge in [-0.2, -0.15) is 4.31 Å². The van der Waals surface area contributed by atoms with Crippen LogP contribution in [-0.2, 0) is 10.0 Å². The minimum atomic E-state index is -3.74. The summed E-state index contributed by atoms with van der Waals surface area (Å²) in [6, 6.07) is 3.74. The van der Waals surface area contributed by atoms with E-state index in [2.05, 4.69) is 21.9 Å². The van der Waals surface area contributed by atoms with Gasteiger partial charge in [0.05, 0.1) is 17.0 Å². The molecule has 0 aliphatic rings. The molecule has 7 heteroatoms. The van der Waals surface area contributed by atoms with E-state index in [-0.39, 0.29) is 28.0 Å². The van der Waals surface area contributed by atoms with Crippen LogP contribution in [0.15, 0.2) is 27.6 Å². The van der Waals surface area contributed by atoms with Crippen molar-refractivity contribution in [3.8, 4) is 12.3 Å². The van der Waals surface area contributed by atoms with Crippen molar-refractivity contribution < 1.29 is 18.3 Å². The number of carboxylic acids is 1. The molecule has 0 unspecified atom stereocenters. The average Bonchev–Trinajstić information content (AvgIpc) is 2.35. The van der Waals surface area contributed by atoms with E-state index in [1.165, 1.54) is 18.2 Å². The molecule has 1 rings (SSSR count). The molecule has 0 radical (unpaired) electrons. The van der Waals surface area contributed by atoms with Crippen molar-refractivity contribution in [3.63, 3.8) is 0 Å². The second-order valence-electron chi connectivity index (χ2n) is 3.59. The van der Waals surface area contributed by atoms with E-state index in [1.54, 1.807) is 6.92 Å². The van der Waals surface area contributed by atoms with Crippen LogP contribution in [0.4, 0.5) is 0 Å². The van der Waals surface area contributed by atoms with Crippen molar-refractivity contribution in [2.45, 2.75) is 11.8 Å². The summed E-state index contributed by atoms with van der Waals surface area (Å²) < 4.78 is 25.9. The molecule has 0 amide bonds. The van der Waals surface area contributed by atoms with Crippen LogP contribution in [0.3, 0.4) is 0 Å². The zero-order chi connectivity index (χ0) is 14.6. The standard InChI is InChI=1S/C12H12BrNO4S/c1-3-7-14(4-2)19(17,18)11-6-5-9(12(15)16)8-10(11)13/h1,5-6,8H,4,7H2,2H3,(H,15,16). The predicted molar refractivity (Wildman–Crippen MR) is 74.4 cm³/mol. The second-order valence-corrected chi connectivity index (χ2v) is 6.35. The van der Waals surface area contributed by atoms with E-state index in [0.29, 0.717) is 0 Å². The smallest absolute Gasteiger partial charge is 0.335 e. The molecule has 1 aromatic rings. The van der Waals surface area contributed by atoms with Crippen LogP contribution in [0, 0.1) is 12.3 Å².